The second kappa shape index (κ2) is 9.36. The van der Waals surface area contributed by atoms with Crippen molar-refractivity contribution in [3.8, 4) is 34.1 Å². The number of ether oxygens (including phenoxy) is 1. The highest BCUT2D eigenvalue weighted by Gasteiger charge is 2.15. The van der Waals surface area contributed by atoms with Crippen LogP contribution in [0, 0.1) is 6.92 Å². The van der Waals surface area contributed by atoms with Crippen LogP contribution < -0.4 is 10.1 Å². The number of carbonyl (C=O) groups excluding carboxylic acids is 1. The third-order valence-electron chi connectivity index (χ3n) is 6.35. The lowest BCUT2D eigenvalue weighted by Crippen LogP contribution is -2.22. The van der Waals surface area contributed by atoms with E-state index >= 15 is 0 Å². The van der Waals surface area contributed by atoms with Gasteiger partial charge in [0.2, 0.25) is 5.88 Å². The normalized spacial score (nSPS) is 11.2. The number of phenols is 1. The van der Waals surface area contributed by atoms with E-state index < -0.39 is 0 Å². The molecular weight excluding hydrogens is 480 g/mol. The SMILES string of the molecule is COc1ncccc1-c1ccc(O)c(-c2nc3ccc(C(=O)NCc4cn5cc(C)ccc5n4)cc3[nH]2)c1. The molecule has 0 unspecified atom stereocenters. The zero-order valence-corrected chi connectivity index (χ0v) is 20.8. The van der Waals surface area contributed by atoms with Gasteiger partial charge in [0.25, 0.3) is 5.91 Å². The molecule has 3 N–H and O–H groups in total. The van der Waals surface area contributed by atoms with E-state index in [-0.39, 0.29) is 11.7 Å². The Morgan fingerprint density at radius 3 is 2.82 bits per heavy atom. The maximum Gasteiger partial charge on any atom is 0.251 e. The molecule has 0 atom stereocenters. The minimum absolute atomic E-state index is 0.0799. The predicted molar refractivity (Wildman–Crippen MR) is 144 cm³/mol. The van der Waals surface area contributed by atoms with E-state index in [9.17, 15) is 9.90 Å². The number of phenolic OH excluding ortho intramolecular Hbond substituents is 1. The molecule has 0 fully saturated rings. The number of methoxy groups -OCH3 is 1. The highest BCUT2D eigenvalue weighted by molar-refractivity contribution is 5.97. The van der Waals surface area contributed by atoms with Gasteiger partial charge in [0.15, 0.2) is 0 Å². The van der Waals surface area contributed by atoms with Crippen LogP contribution in [0.5, 0.6) is 11.6 Å². The summed E-state index contributed by atoms with van der Waals surface area (Å²) in [7, 11) is 1.57. The molecule has 9 nitrogen and oxygen atoms in total. The van der Waals surface area contributed by atoms with Crippen molar-refractivity contribution in [2.24, 2.45) is 0 Å². The van der Waals surface area contributed by atoms with E-state index in [1.165, 1.54) is 0 Å². The van der Waals surface area contributed by atoms with Crippen LogP contribution in [0.1, 0.15) is 21.6 Å². The van der Waals surface area contributed by atoms with Crippen molar-refractivity contribution < 1.29 is 14.6 Å². The number of aryl methyl sites for hydroxylation is 1. The summed E-state index contributed by atoms with van der Waals surface area (Å²) in [5.41, 5.74) is 6.74. The molecular formula is C29H24N6O3. The van der Waals surface area contributed by atoms with Crippen LogP contribution in [-0.4, -0.2) is 42.5 Å². The van der Waals surface area contributed by atoms with Crippen molar-refractivity contribution in [3.05, 3.63) is 96.1 Å². The number of amides is 1. The predicted octanol–water partition coefficient (Wildman–Crippen LogP) is 4.89. The van der Waals surface area contributed by atoms with Gasteiger partial charge in [0, 0.05) is 29.7 Å². The molecule has 4 heterocycles. The molecule has 38 heavy (non-hydrogen) atoms. The Bertz CT molecular complexity index is 1820. The summed E-state index contributed by atoms with van der Waals surface area (Å²) in [6, 6.07) is 18.2. The summed E-state index contributed by atoms with van der Waals surface area (Å²) in [5, 5.41) is 13.5. The third-order valence-corrected chi connectivity index (χ3v) is 6.35. The van der Waals surface area contributed by atoms with Gasteiger partial charge in [-0.1, -0.05) is 12.1 Å². The number of aromatic hydroxyl groups is 1. The van der Waals surface area contributed by atoms with Gasteiger partial charge < -0.3 is 24.5 Å². The monoisotopic (exact) mass is 504 g/mol. The average Bonchev–Trinajstić information content (AvgIpc) is 3.55. The molecule has 6 aromatic rings. The van der Waals surface area contributed by atoms with Gasteiger partial charge in [0.1, 0.15) is 17.2 Å². The van der Waals surface area contributed by atoms with E-state index in [4.69, 9.17) is 4.74 Å². The van der Waals surface area contributed by atoms with E-state index in [1.807, 2.05) is 54.0 Å². The zero-order valence-electron chi connectivity index (χ0n) is 20.8. The maximum atomic E-state index is 12.9. The molecule has 0 aliphatic heterocycles. The molecule has 0 saturated heterocycles. The van der Waals surface area contributed by atoms with Crippen molar-refractivity contribution in [1.29, 1.82) is 0 Å². The van der Waals surface area contributed by atoms with Crippen LogP contribution in [0.25, 0.3) is 39.2 Å². The number of nitrogens with one attached hydrogen (secondary N) is 2. The van der Waals surface area contributed by atoms with Crippen molar-refractivity contribution in [2.75, 3.05) is 7.11 Å². The molecule has 0 radical (unpaired) electrons. The summed E-state index contributed by atoms with van der Waals surface area (Å²) >= 11 is 0. The second-order valence-corrected chi connectivity index (χ2v) is 9.00. The lowest BCUT2D eigenvalue weighted by atomic mass is 10.0. The Morgan fingerprint density at radius 1 is 1.05 bits per heavy atom. The number of rotatable bonds is 6. The Kier molecular flexibility index (Phi) is 5.72. The Balaban J connectivity index is 1.25. The third kappa shape index (κ3) is 4.30. The standard InChI is InChI=1S/C29H24N6O3/c1-17-5-10-26-32-20(16-35(26)15-17)14-31-28(37)19-6-8-23-24(13-19)34-27(33-23)22-12-18(7-9-25(22)36)21-4-3-11-30-29(21)38-2/h3-13,15-16,36H,14H2,1-2H3,(H,31,37)(H,33,34). The fourth-order valence-corrected chi connectivity index (χ4v) is 4.46. The number of carbonyl (C=O) groups is 1. The van der Waals surface area contributed by atoms with Gasteiger partial charge in [-0.25, -0.2) is 15.0 Å². The minimum Gasteiger partial charge on any atom is -0.507 e. The fourth-order valence-electron chi connectivity index (χ4n) is 4.46. The van der Waals surface area contributed by atoms with Crippen LogP contribution >= 0.6 is 0 Å². The smallest absolute Gasteiger partial charge is 0.251 e. The molecule has 0 spiro atoms. The molecule has 0 aliphatic carbocycles. The van der Waals surface area contributed by atoms with Gasteiger partial charge in [-0.2, -0.15) is 0 Å². The first-order valence-electron chi connectivity index (χ1n) is 12.0. The summed E-state index contributed by atoms with van der Waals surface area (Å²) in [5.74, 6) is 0.837. The van der Waals surface area contributed by atoms with Gasteiger partial charge >= 0.3 is 0 Å². The average molecular weight is 505 g/mol. The van der Waals surface area contributed by atoms with E-state index in [0.717, 1.165) is 28.0 Å². The van der Waals surface area contributed by atoms with Gasteiger partial charge in [-0.15, -0.1) is 0 Å². The second-order valence-electron chi connectivity index (χ2n) is 9.00. The number of pyridine rings is 2. The zero-order chi connectivity index (χ0) is 26.2. The van der Waals surface area contributed by atoms with Crippen molar-refractivity contribution in [3.63, 3.8) is 0 Å². The largest absolute Gasteiger partial charge is 0.507 e. The molecule has 6 rings (SSSR count). The number of imidazole rings is 2. The molecule has 0 saturated carbocycles. The first-order valence-corrected chi connectivity index (χ1v) is 12.0. The van der Waals surface area contributed by atoms with Crippen molar-refractivity contribution >= 4 is 22.6 Å². The lowest BCUT2D eigenvalue weighted by molar-refractivity contribution is 0.0950. The Labute approximate surface area is 217 Å². The van der Waals surface area contributed by atoms with Crippen LogP contribution in [-0.2, 0) is 6.54 Å². The molecule has 2 aromatic carbocycles. The van der Waals surface area contributed by atoms with Crippen molar-refractivity contribution in [1.82, 2.24) is 29.7 Å². The highest BCUT2D eigenvalue weighted by Crippen LogP contribution is 2.35. The highest BCUT2D eigenvalue weighted by atomic mass is 16.5. The number of benzene rings is 2. The first kappa shape index (κ1) is 23.2. The van der Waals surface area contributed by atoms with Crippen LogP contribution in [0.4, 0.5) is 0 Å². The van der Waals surface area contributed by atoms with Gasteiger partial charge in [-0.3, -0.25) is 4.79 Å². The van der Waals surface area contributed by atoms with Gasteiger partial charge in [0.05, 0.1) is 35.9 Å². The van der Waals surface area contributed by atoms with Gasteiger partial charge in [-0.05, 0) is 66.6 Å². The number of hydrogen-bond acceptors (Lipinski definition) is 6. The number of aromatic nitrogens is 5. The molecule has 0 aliphatic rings. The summed E-state index contributed by atoms with van der Waals surface area (Å²) in [6.07, 6.45) is 5.57. The van der Waals surface area contributed by atoms with E-state index in [0.29, 0.717) is 40.4 Å². The van der Waals surface area contributed by atoms with E-state index in [1.54, 1.807) is 43.6 Å². The van der Waals surface area contributed by atoms with Crippen LogP contribution in [0.15, 0.2) is 79.3 Å². The number of aromatic amines is 1. The minimum atomic E-state index is -0.218. The Morgan fingerprint density at radius 2 is 1.95 bits per heavy atom. The number of nitrogens with zero attached hydrogens (tertiary/aromatic N) is 4. The fraction of sp³-hybridized carbons (Fsp3) is 0.103. The van der Waals surface area contributed by atoms with Crippen molar-refractivity contribution in [2.45, 2.75) is 13.5 Å². The summed E-state index contributed by atoms with van der Waals surface area (Å²) in [6.45, 7) is 2.33. The summed E-state index contributed by atoms with van der Waals surface area (Å²) in [4.78, 5) is 29.6. The molecule has 9 heteroatoms. The summed E-state index contributed by atoms with van der Waals surface area (Å²) < 4.78 is 7.34. The Hall–Kier alpha value is -5.18. The van der Waals surface area contributed by atoms with E-state index in [2.05, 4.69) is 25.3 Å². The maximum absolute atomic E-state index is 12.9. The topological polar surface area (TPSA) is 117 Å². The number of H-pyrrole nitrogens is 1. The quantitative estimate of drug-likeness (QED) is 0.297. The lowest BCUT2D eigenvalue weighted by Gasteiger charge is -2.09. The number of hydrogen-bond donors (Lipinski definition) is 3. The molecule has 0 bridgehead atoms. The van der Waals surface area contributed by atoms with Crippen LogP contribution in [0.2, 0.25) is 0 Å². The molecule has 4 aromatic heterocycles. The first-order chi connectivity index (χ1) is 18.5. The van der Waals surface area contributed by atoms with Crippen LogP contribution in [0.3, 0.4) is 0 Å². The molecule has 1 amide bonds. The number of fused-ring (bicyclic) bond motifs is 2. The molecule has 188 valence electrons.